The largest absolute Gasteiger partial charge is 0.481 e. The number of aliphatic carboxylic acids is 2. The molecule has 41 heavy (non-hydrogen) atoms. The number of amides is 3. The van der Waals surface area contributed by atoms with E-state index >= 15 is 0 Å². The van der Waals surface area contributed by atoms with E-state index in [0.717, 1.165) is 0 Å². The van der Waals surface area contributed by atoms with Crippen LogP contribution in [0.25, 0.3) is 0 Å². The molecular weight excluding hydrogens is 536 g/mol. The van der Waals surface area contributed by atoms with Crippen LogP contribution >= 0.6 is 0 Å². The lowest BCUT2D eigenvalue weighted by Crippen LogP contribution is -2.57. The molecule has 0 radical (unpaired) electrons. The summed E-state index contributed by atoms with van der Waals surface area (Å²) < 4.78 is 0. The van der Waals surface area contributed by atoms with Gasteiger partial charge in [0.15, 0.2) is 5.96 Å². The summed E-state index contributed by atoms with van der Waals surface area (Å²) in [7, 11) is 0. The minimum atomic E-state index is -1.33. The van der Waals surface area contributed by atoms with Crippen molar-refractivity contribution in [3.05, 3.63) is 35.9 Å². The van der Waals surface area contributed by atoms with Gasteiger partial charge in [-0.15, -0.1) is 0 Å². The monoisotopic (exact) mass is 578 g/mol. The Morgan fingerprint density at radius 1 is 0.780 bits per heavy atom. The maximum Gasteiger partial charge on any atom is 0.326 e. The standard InChI is InChI=1S/C26H42N8O7/c27-13-5-4-10-19(25(40)41)33-24(39)20(15-16-7-2-1-3-8-16)34-23(38)18(11-12-21(35)36)32-22(37)17(28)9-6-14-31-26(29)30/h1-3,7-8,17-20H,4-6,9-15,27-28H2,(H,32,37)(H,33,39)(H,34,38)(H,35,36)(H,40,41)(H4,29,30,31). The molecule has 0 saturated carbocycles. The highest BCUT2D eigenvalue weighted by atomic mass is 16.4. The van der Waals surface area contributed by atoms with Crippen molar-refractivity contribution >= 4 is 35.6 Å². The lowest BCUT2D eigenvalue weighted by molar-refractivity contribution is -0.142. The molecule has 1 rings (SSSR count). The number of carboxylic acid groups (broad SMARTS) is 2. The zero-order valence-electron chi connectivity index (χ0n) is 23.0. The minimum absolute atomic E-state index is 0.0114. The van der Waals surface area contributed by atoms with Crippen molar-refractivity contribution in [2.45, 2.75) is 75.5 Å². The number of nitrogens with zero attached hydrogens (tertiary/aromatic N) is 1. The molecule has 0 heterocycles. The van der Waals surface area contributed by atoms with Crippen LogP contribution in [0.5, 0.6) is 0 Å². The summed E-state index contributed by atoms with van der Waals surface area (Å²) in [6, 6.07) is 3.93. The van der Waals surface area contributed by atoms with Crippen LogP contribution < -0.4 is 38.9 Å². The molecule has 15 nitrogen and oxygen atoms in total. The highest BCUT2D eigenvalue weighted by molar-refractivity contribution is 5.94. The number of nitrogens with two attached hydrogens (primary N) is 4. The Hall–Kier alpha value is -4.24. The van der Waals surface area contributed by atoms with Gasteiger partial charge in [0.1, 0.15) is 18.1 Å². The summed E-state index contributed by atoms with van der Waals surface area (Å²) in [6.45, 7) is 0.614. The number of aliphatic imine (C=N–C) groups is 1. The molecule has 4 atom stereocenters. The summed E-state index contributed by atoms with van der Waals surface area (Å²) in [5.74, 6) is -4.80. The fourth-order valence-electron chi connectivity index (χ4n) is 3.82. The molecule has 0 fully saturated rings. The van der Waals surface area contributed by atoms with Crippen LogP contribution in [0.3, 0.4) is 0 Å². The third-order valence-corrected chi connectivity index (χ3v) is 6.06. The average Bonchev–Trinajstić information content (AvgIpc) is 2.92. The minimum Gasteiger partial charge on any atom is -0.481 e. The van der Waals surface area contributed by atoms with Gasteiger partial charge < -0.3 is 49.1 Å². The van der Waals surface area contributed by atoms with Gasteiger partial charge in [0.25, 0.3) is 0 Å². The molecule has 15 heteroatoms. The summed E-state index contributed by atoms with van der Waals surface area (Å²) >= 11 is 0. The first kappa shape index (κ1) is 34.8. The number of benzene rings is 1. The highest BCUT2D eigenvalue weighted by Crippen LogP contribution is 2.08. The number of hydrogen-bond donors (Lipinski definition) is 9. The highest BCUT2D eigenvalue weighted by Gasteiger charge is 2.30. The third kappa shape index (κ3) is 14.6. The second-order valence-electron chi connectivity index (χ2n) is 9.48. The van der Waals surface area contributed by atoms with Gasteiger partial charge in [-0.05, 0) is 50.6 Å². The van der Waals surface area contributed by atoms with Gasteiger partial charge in [0, 0.05) is 19.4 Å². The van der Waals surface area contributed by atoms with Crippen molar-refractivity contribution < 1.29 is 34.2 Å². The van der Waals surface area contributed by atoms with Crippen molar-refractivity contribution in [1.82, 2.24) is 16.0 Å². The lowest BCUT2D eigenvalue weighted by atomic mass is 10.0. The van der Waals surface area contributed by atoms with Gasteiger partial charge in [-0.1, -0.05) is 30.3 Å². The van der Waals surface area contributed by atoms with Gasteiger partial charge in [0.05, 0.1) is 6.04 Å². The van der Waals surface area contributed by atoms with Gasteiger partial charge in [-0.25, -0.2) is 4.79 Å². The smallest absolute Gasteiger partial charge is 0.326 e. The Labute approximate surface area is 238 Å². The normalized spacial score (nSPS) is 13.6. The van der Waals surface area contributed by atoms with Crippen molar-refractivity contribution in [2.24, 2.45) is 27.9 Å². The van der Waals surface area contributed by atoms with E-state index in [1.54, 1.807) is 30.3 Å². The molecule has 4 unspecified atom stereocenters. The van der Waals surface area contributed by atoms with Crippen LogP contribution in [0.15, 0.2) is 35.3 Å². The number of carboxylic acids is 2. The summed E-state index contributed by atoms with van der Waals surface area (Å²) in [5, 5.41) is 26.2. The Kier molecular flexibility index (Phi) is 16.1. The predicted molar refractivity (Wildman–Crippen MR) is 151 cm³/mol. The van der Waals surface area contributed by atoms with E-state index in [4.69, 9.17) is 28.0 Å². The molecular formula is C26H42N8O7. The molecule has 0 spiro atoms. The fourth-order valence-corrected chi connectivity index (χ4v) is 3.82. The first-order valence-electron chi connectivity index (χ1n) is 13.3. The number of rotatable bonds is 20. The van der Waals surface area contributed by atoms with Gasteiger partial charge in [0.2, 0.25) is 17.7 Å². The maximum absolute atomic E-state index is 13.3. The van der Waals surface area contributed by atoms with Crippen LogP contribution in [0.4, 0.5) is 0 Å². The zero-order valence-corrected chi connectivity index (χ0v) is 23.0. The van der Waals surface area contributed by atoms with Crippen LogP contribution in [0.2, 0.25) is 0 Å². The van der Waals surface area contributed by atoms with Crippen LogP contribution in [0.1, 0.15) is 50.5 Å². The quantitative estimate of drug-likeness (QED) is 0.0470. The number of unbranched alkanes of at least 4 members (excludes halogenated alkanes) is 1. The Morgan fingerprint density at radius 3 is 1.98 bits per heavy atom. The van der Waals surface area contributed by atoms with Crippen LogP contribution in [-0.2, 0) is 30.4 Å². The van der Waals surface area contributed by atoms with Crippen LogP contribution in [-0.4, -0.2) is 83.1 Å². The molecule has 1 aromatic rings. The number of nitrogens with one attached hydrogen (secondary N) is 3. The van der Waals surface area contributed by atoms with E-state index in [2.05, 4.69) is 20.9 Å². The number of hydrogen-bond acceptors (Lipinski definition) is 8. The van der Waals surface area contributed by atoms with E-state index in [1.807, 2.05) is 0 Å². The molecule has 13 N–H and O–H groups in total. The third-order valence-electron chi connectivity index (χ3n) is 6.06. The fraction of sp³-hybridized carbons (Fsp3) is 0.538. The summed E-state index contributed by atoms with van der Waals surface area (Å²) in [6.07, 6.45) is 1.05. The van der Waals surface area contributed by atoms with Crippen molar-refractivity contribution in [3.63, 3.8) is 0 Å². The molecule has 0 bridgehead atoms. The zero-order chi connectivity index (χ0) is 30.8. The van der Waals surface area contributed by atoms with Gasteiger partial charge >= 0.3 is 11.9 Å². The maximum atomic E-state index is 13.3. The molecule has 228 valence electrons. The average molecular weight is 579 g/mol. The molecule has 0 saturated heterocycles. The van der Waals surface area contributed by atoms with E-state index in [-0.39, 0.29) is 38.2 Å². The molecule has 3 amide bonds. The van der Waals surface area contributed by atoms with E-state index < -0.39 is 60.2 Å². The first-order chi connectivity index (χ1) is 19.4. The van der Waals surface area contributed by atoms with E-state index in [1.165, 1.54) is 0 Å². The molecule has 0 aliphatic carbocycles. The molecule has 0 aliphatic rings. The van der Waals surface area contributed by atoms with E-state index in [9.17, 15) is 29.1 Å². The first-order valence-corrected chi connectivity index (χ1v) is 13.3. The SMILES string of the molecule is NCCCCC(NC(=O)C(Cc1ccccc1)NC(=O)C(CCC(=O)O)NC(=O)C(N)CCCN=C(N)N)C(=O)O. The van der Waals surface area contributed by atoms with Crippen molar-refractivity contribution in [3.8, 4) is 0 Å². The van der Waals surface area contributed by atoms with Crippen LogP contribution in [0, 0.1) is 0 Å². The van der Waals surface area contributed by atoms with Crippen molar-refractivity contribution in [2.75, 3.05) is 13.1 Å². The topological polar surface area (TPSA) is 278 Å². The number of carbonyl (C=O) groups is 5. The van der Waals surface area contributed by atoms with Gasteiger partial charge in [-0.2, -0.15) is 0 Å². The molecule has 1 aromatic carbocycles. The lowest BCUT2D eigenvalue weighted by Gasteiger charge is -2.25. The number of carbonyl (C=O) groups excluding carboxylic acids is 3. The summed E-state index contributed by atoms with van der Waals surface area (Å²) in [5.41, 5.74) is 22.6. The van der Waals surface area contributed by atoms with Crippen molar-refractivity contribution in [1.29, 1.82) is 0 Å². The predicted octanol–water partition coefficient (Wildman–Crippen LogP) is -1.86. The second kappa shape index (κ2) is 18.9. The Bertz CT molecular complexity index is 1030. The number of guanidine groups is 1. The second-order valence-corrected chi connectivity index (χ2v) is 9.48. The Morgan fingerprint density at radius 2 is 1.39 bits per heavy atom. The molecule has 0 aliphatic heterocycles. The van der Waals surface area contributed by atoms with Gasteiger partial charge in [-0.3, -0.25) is 24.2 Å². The molecule has 0 aromatic heterocycles. The van der Waals surface area contributed by atoms with E-state index in [0.29, 0.717) is 31.4 Å². The Balaban J connectivity index is 3.06. The summed E-state index contributed by atoms with van der Waals surface area (Å²) in [4.78, 5) is 65.9.